The Balaban J connectivity index is 1.35. The van der Waals surface area contributed by atoms with Gasteiger partial charge in [-0.3, -0.25) is 9.40 Å². The zero-order valence-electron chi connectivity index (χ0n) is 19.7. The molecule has 0 saturated heterocycles. The summed E-state index contributed by atoms with van der Waals surface area (Å²) in [6, 6.07) is 16.6. The zero-order valence-corrected chi connectivity index (χ0v) is 21.3. The Kier molecular flexibility index (Phi) is 5.97. The molecule has 0 amide bonds. The van der Waals surface area contributed by atoms with Gasteiger partial charge in [-0.1, -0.05) is 18.2 Å². The van der Waals surface area contributed by atoms with Gasteiger partial charge in [0.1, 0.15) is 18.7 Å². The summed E-state index contributed by atoms with van der Waals surface area (Å²) < 4.78 is 31.5. The van der Waals surface area contributed by atoms with Crippen molar-refractivity contribution in [1.82, 2.24) is 19.3 Å². The van der Waals surface area contributed by atoms with E-state index < -0.39 is 10.0 Å². The standard InChI is InChI=1S/C26H26N6O2S2/c27-15-24-23-11-8-21(35-13-12-31-17-28-16-29-31)14-25(23)32(20-2-1-3-20)26(24)18-4-6-19(7-5-18)30-36(33,34)22-9-10-22/h4-8,11,14,16-17,20,22,30H,1-3,9-10,12-13H2. The maximum atomic E-state index is 12.3. The molecule has 2 saturated carbocycles. The molecule has 2 aromatic heterocycles. The number of aromatic nitrogens is 4. The van der Waals surface area contributed by atoms with E-state index in [-0.39, 0.29) is 5.25 Å². The average molecular weight is 519 g/mol. The van der Waals surface area contributed by atoms with E-state index >= 15 is 0 Å². The maximum Gasteiger partial charge on any atom is 0.235 e. The number of benzene rings is 2. The van der Waals surface area contributed by atoms with Crippen LogP contribution in [0.5, 0.6) is 0 Å². The molecule has 0 radical (unpaired) electrons. The number of hydrogen-bond donors (Lipinski definition) is 1. The minimum atomic E-state index is -3.31. The number of hydrogen-bond acceptors (Lipinski definition) is 6. The molecule has 2 aliphatic carbocycles. The quantitative estimate of drug-likeness (QED) is 0.306. The zero-order chi connectivity index (χ0) is 24.7. The number of rotatable bonds is 9. The van der Waals surface area contributed by atoms with Crippen LogP contribution >= 0.6 is 11.8 Å². The van der Waals surface area contributed by atoms with Gasteiger partial charge in [0.2, 0.25) is 10.0 Å². The second kappa shape index (κ2) is 9.30. The normalized spacial score (nSPS) is 16.1. The lowest BCUT2D eigenvalue weighted by atomic mass is 9.92. The van der Waals surface area contributed by atoms with Crippen molar-refractivity contribution in [3.05, 3.63) is 60.7 Å². The SMILES string of the molecule is N#Cc1c(-c2ccc(NS(=O)(=O)C3CC3)cc2)n(C2CCC2)c2cc(SCCn3cncn3)ccc12. The first-order chi connectivity index (χ1) is 17.5. The molecule has 36 heavy (non-hydrogen) atoms. The Morgan fingerprint density at radius 3 is 2.56 bits per heavy atom. The third-order valence-electron chi connectivity index (χ3n) is 6.96. The number of nitriles is 1. The summed E-state index contributed by atoms with van der Waals surface area (Å²) in [7, 11) is -3.31. The van der Waals surface area contributed by atoms with Gasteiger partial charge in [0, 0.05) is 27.8 Å². The summed E-state index contributed by atoms with van der Waals surface area (Å²) >= 11 is 1.76. The van der Waals surface area contributed by atoms with Gasteiger partial charge in [0.05, 0.1) is 28.6 Å². The van der Waals surface area contributed by atoms with Crippen LogP contribution in [0.2, 0.25) is 0 Å². The van der Waals surface area contributed by atoms with Crippen molar-refractivity contribution >= 4 is 38.4 Å². The third-order valence-corrected chi connectivity index (χ3v) is 9.81. The molecule has 0 bridgehead atoms. The number of sulfonamides is 1. The van der Waals surface area contributed by atoms with Gasteiger partial charge < -0.3 is 4.57 Å². The Morgan fingerprint density at radius 2 is 1.92 bits per heavy atom. The van der Waals surface area contributed by atoms with Crippen LogP contribution < -0.4 is 4.72 Å². The van der Waals surface area contributed by atoms with E-state index in [0.29, 0.717) is 17.3 Å². The number of nitrogens with zero attached hydrogens (tertiary/aromatic N) is 5. The lowest BCUT2D eigenvalue weighted by molar-refractivity contribution is 0.324. The van der Waals surface area contributed by atoms with Crippen LogP contribution in [0.4, 0.5) is 5.69 Å². The molecule has 2 fully saturated rings. The van der Waals surface area contributed by atoms with E-state index in [2.05, 4.69) is 43.6 Å². The fourth-order valence-corrected chi connectivity index (χ4v) is 6.99. The highest BCUT2D eigenvalue weighted by Crippen LogP contribution is 2.43. The van der Waals surface area contributed by atoms with Crippen molar-refractivity contribution in [2.24, 2.45) is 0 Å². The highest BCUT2D eigenvalue weighted by Gasteiger charge is 2.35. The van der Waals surface area contributed by atoms with Gasteiger partial charge in [-0.2, -0.15) is 10.4 Å². The van der Waals surface area contributed by atoms with Gasteiger partial charge in [-0.05, 0) is 61.9 Å². The first-order valence-corrected chi connectivity index (χ1v) is 14.7. The van der Waals surface area contributed by atoms with E-state index in [4.69, 9.17) is 0 Å². The van der Waals surface area contributed by atoms with Crippen LogP contribution in [0.3, 0.4) is 0 Å². The van der Waals surface area contributed by atoms with Crippen LogP contribution in [0.25, 0.3) is 22.2 Å². The van der Waals surface area contributed by atoms with E-state index in [9.17, 15) is 13.7 Å². The molecular formula is C26H26N6O2S2. The van der Waals surface area contributed by atoms with Crippen LogP contribution in [0, 0.1) is 11.3 Å². The highest BCUT2D eigenvalue weighted by molar-refractivity contribution is 7.99. The Hall–Kier alpha value is -3.29. The van der Waals surface area contributed by atoms with Crippen molar-refractivity contribution in [1.29, 1.82) is 5.26 Å². The Bertz CT molecular complexity index is 1540. The number of thioether (sulfide) groups is 1. The minimum Gasteiger partial charge on any atom is -0.336 e. The summed E-state index contributed by atoms with van der Waals surface area (Å²) in [5, 5.41) is 15.0. The fraction of sp³-hybridized carbons (Fsp3) is 0.346. The van der Waals surface area contributed by atoms with Crippen molar-refractivity contribution in [3.63, 3.8) is 0 Å². The Labute approximate surface area is 214 Å². The molecule has 0 unspecified atom stereocenters. The van der Waals surface area contributed by atoms with E-state index in [1.807, 2.05) is 16.8 Å². The van der Waals surface area contributed by atoms with Crippen LogP contribution in [-0.4, -0.2) is 38.8 Å². The number of aryl methyl sites for hydroxylation is 1. The lowest BCUT2D eigenvalue weighted by Gasteiger charge is -2.30. The molecule has 0 atom stereocenters. The molecule has 6 rings (SSSR count). The second-order valence-corrected chi connectivity index (χ2v) is 12.5. The molecule has 10 heteroatoms. The monoisotopic (exact) mass is 518 g/mol. The summed E-state index contributed by atoms with van der Waals surface area (Å²) in [6.07, 6.45) is 8.07. The lowest BCUT2D eigenvalue weighted by Crippen LogP contribution is -2.18. The van der Waals surface area contributed by atoms with E-state index in [1.165, 1.54) is 6.42 Å². The molecule has 0 aliphatic heterocycles. The van der Waals surface area contributed by atoms with Crippen LogP contribution in [0.15, 0.2) is 60.0 Å². The topological polar surface area (TPSA) is 106 Å². The first kappa shape index (κ1) is 23.1. The average Bonchev–Trinajstić information content (AvgIpc) is 3.51. The summed E-state index contributed by atoms with van der Waals surface area (Å²) in [6.45, 7) is 0.776. The maximum absolute atomic E-state index is 12.3. The van der Waals surface area contributed by atoms with E-state index in [1.54, 1.807) is 36.5 Å². The molecule has 2 aromatic carbocycles. The molecule has 4 aromatic rings. The van der Waals surface area contributed by atoms with Crippen molar-refractivity contribution in [2.75, 3.05) is 10.5 Å². The fourth-order valence-electron chi connectivity index (χ4n) is 4.73. The van der Waals surface area contributed by atoms with E-state index in [0.717, 1.165) is 65.0 Å². The number of fused-ring (bicyclic) bond motifs is 1. The van der Waals surface area contributed by atoms with Gasteiger partial charge in [0.15, 0.2) is 0 Å². The molecule has 1 N–H and O–H groups in total. The summed E-state index contributed by atoms with van der Waals surface area (Å²) in [4.78, 5) is 5.15. The minimum absolute atomic E-state index is 0.271. The predicted octanol–water partition coefficient (Wildman–Crippen LogP) is 5.19. The second-order valence-electron chi connectivity index (χ2n) is 9.40. The number of nitrogens with one attached hydrogen (secondary N) is 1. The molecule has 2 aliphatic rings. The summed E-state index contributed by atoms with van der Waals surface area (Å²) in [5.74, 6) is 0.870. The highest BCUT2D eigenvalue weighted by atomic mass is 32.2. The summed E-state index contributed by atoms with van der Waals surface area (Å²) in [5.41, 5.74) is 4.14. The first-order valence-electron chi connectivity index (χ1n) is 12.2. The predicted molar refractivity (Wildman–Crippen MR) is 141 cm³/mol. The van der Waals surface area contributed by atoms with Gasteiger partial charge >= 0.3 is 0 Å². The van der Waals surface area contributed by atoms with Crippen molar-refractivity contribution in [3.8, 4) is 17.3 Å². The third kappa shape index (κ3) is 4.38. The van der Waals surface area contributed by atoms with Crippen molar-refractivity contribution < 1.29 is 8.42 Å². The van der Waals surface area contributed by atoms with Gasteiger partial charge in [0.25, 0.3) is 0 Å². The molecular weight excluding hydrogens is 492 g/mol. The van der Waals surface area contributed by atoms with Crippen LogP contribution in [-0.2, 0) is 16.6 Å². The molecule has 2 heterocycles. The van der Waals surface area contributed by atoms with Gasteiger partial charge in [-0.15, -0.1) is 11.8 Å². The molecule has 8 nitrogen and oxygen atoms in total. The van der Waals surface area contributed by atoms with Crippen molar-refractivity contribution in [2.45, 2.75) is 54.8 Å². The number of anilines is 1. The molecule has 0 spiro atoms. The Morgan fingerprint density at radius 1 is 1.11 bits per heavy atom. The van der Waals surface area contributed by atoms with Crippen LogP contribution in [0.1, 0.15) is 43.7 Å². The van der Waals surface area contributed by atoms with Gasteiger partial charge in [-0.25, -0.2) is 13.4 Å². The largest absolute Gasteiger partial charge is 0.336 e. The molecule has 184 valence electrons. The smallest absolute Gasteiger partial charge is 0.235 e.